The molecular weight excluding hydrogens is 242 g/mol. The summed E-state index contributed by atoms with van der Waals surface area (Å²) in [6, 6.07) is 3.55. The molecule has 2 aromatic rings. The Morgan fingerprint density at radius 3 is 2.79 bits per heavy atom. The highest BCUT2D eigenvalue weighted by atomic mass is 16.1. The van der Waals surface area contributed by atoms with Crippen LogP contribution in [0.25, 0.3) is 0 Å². The van der Waals surface area contributed by atoms with Crippen LogP contribution in [0.15, 0.2) is 30.7 Å². The highest BCUT2D eigenvalue weighted by Gasteiger charge is 2.07. The maximum Gasteiger partial charge on any atom is 0.270 e. The first-order chi connectivity index (χ1) is 9.19. The van der Waals surface area contributed by atoms with E-state index in [9.17, 15) is 4.79 Å². The second kappa shape index (κ2) is 5.99. The third-order valence-electron chi connectivity index (χ3n) is 2.59. The van der Waals surface area contributed by atoms with Crippen molar-refractivity contribution in [2.45, 2.75) is 13.5 Å². The molecule has 0 unspecified atom stereocenters. The molecule has 0 aliphatic carbocycles. The number of hydrogen-bond acceptors (Lipinski definition) is 4. The summed E-state index contributed by atoms with van der Waals surface area (Å²) in [6.07, 6.45) is 5.24. The van der Waals surface area contributed by atoms with Gasteiger partial charge in [0.15, 0.2) is 0 Å². The number of amides is 1. The Morgan fingerprint density at radius 2 is 2.21 bits per heavy atom. The second-order valence-corrected chi connectivity index (χ2v) is 4.17. The molecule has 2 rings (SSSR count). The summed E-state index contributed by atoms with van der Waals surface area (Å²) in [5.41, 5.74) is 2.27. The van der Waals surface area contributed by atoms with Gasteiger partial charge in [-0.1, -0.05) is 0 Å². The molecule has 0 saturated heterocycles. The van der Waals surface area contributed by atoms with Crippen LogP contribution in [-0.2, 0) is 13.6 Å². The molecule has 0 aromatic carbocycles. The van der Waals surface area contributed by atoms with Crippen molar-refractivity contribution in [3.05, 3.63) is 42.0 Å². The smallest absolute Gasteiger partial charge is 0.270 e. The van der Waals surface area contributed by atoms with Gasteiger partial charge in [0, 0.05) is 31.9 Å². The number of aromatic nitrogens is 3. The van der Waals surface area contributed by atoms with Crippen LogP contribution in [0, 0.1) is 0 Å². The highest BCUT2D eigenvalue weighted by Crippen LogP contribution is 2.06. The molecule has 0 aliphatic heterocycles. The zero-order valence-electron chi connectivity index (χ0n) is 11.1. The van der Waals surface area contributed by atoms with E-state index < -0.39 is 0 Å². The number of anilines is 1. The van der Waals surface area contributed by atoms with E-state index in [0.29, 0.717) is 12.2 Å². The molecule has 100 valence electrons. The van der Waals surface area contributed by atoms with Crippen LogP contribution in [0.2, 0.25) is 0 Å². The number of hydrogen-bond donors (Lipinski definition) is 2. The van der Waals surface area contributed by atoms with Crippen molar-refractivity contribution in [1.29, 1.82) is 0 Å². The molecular formula is C13H17N5O. The van der Waals surface area contributed by atoms with Gasteiger partial charge in [-0.25, -0.2) is 4.98 Å². The predicted molar refractivity (Wildman–Crippen MR) is 72.8 cm³/mol. The first-order valence-electron chi connectivity index (χ1n) is 6.14. The Balaban J connectivity index is 1.92. The van der Waals surface area contributed by atoms with Crippen molar-refractivity contribution >= 4 is 11.6 Å². The molecule has 0 radical (unpaired) electrons. The summed E-state index contributed by atoms with van der Waals surface area (Å²) in [6.45, 7) is 3.28. The predicted octanol–water partition coefficient (Wildman–Crippen LogP) is 1.18. The van der Waals surface area contributed by atoms with Crippen LogP contribution < -0.4 is 10.6 Å². The Labute approximate surface area is 111 Å². The Kier molecular flexibility index (Phi) is 4.12. The van der Waals surface area contributed by atoms with Gasteiger partial charge in [-0.2, -0.15) is 5.10 Å². The van der Waals surface area contributed by atoms with Crippen molar-refractivity contribution in [2.24, 2.45) is 7.05 Å². The molecule has 2 heterocycles. The molecule has 0 saturated carbocycles. The number of nitrogens with zero attached hydrogens (tertiary/aromatic N) is 3. The summed E-state index contributed by atoms with van der Waals surface area (Å²) in [5, 5.41) is 9.97. The van der Waals surface area contributed by atoms with E-state index in [1.54, 1.807) is 23.1 Å². The topological polar surface area (TPSA) is 71.8 Å². The standard InChI is InChI=1S/C13H17N5O/c1-3-14-11-4-5-12(15-8-11)13(19)16-6-10-7-17-18(2)9-10/h4-5,7-9,14H,3,6H2,1-2H3,(H,16,19). The van der Waals surface area contributed by atoms with Crippen molar-refractivity contribution in [2.75, 3.05) is 11.9 Å². The van der Waals surface area contributed by atoms with Crippen LogP contribution in [0.5, 0.6) is 0 Å². The van der Waals surface area contributed by atoms with E-state index in [1.807, 2.05) is 26.2 Å². The first-order valence-corrected chi connectivity index (χ1v) is 6.14. The number of rotatable bonds is 5. The average molecular weight is 259 g/mol. The fourth-order valence-electron chi connectivity index (χ4n) is 1.67. The largest absolute Gasteiger partial charge is 0.384 e. The number of carbonyl (C=O) groups excluding carboxylic acids is 1. The molecule has 1 amide bonds. The maximum absolute atomic E-state index is 11.9. The molecule has 6 nitrogen and oxygen atoms in total. The van der Waals surface area contributed by atoms with E-state index in [4.69, 9.17) is 0 Å². The zero-order chi connectivity index (χ0) is 13.7. The SMILES string of the molecule is CCNc1ccc(C(=O)NCc2cnn(C)c2)nc1. The van der Waals surface area contributed by atoms with E-state index in [0.717, 1.165) is 17.8 Å². The molecule has 2 N–H and O–H groups in total. The van der Waals surface area contributed by atoms with Crippen LogP contribution in [0.1, 0.15) is 23.0 Å². The van der Waals surface area contributed by atoms with Crippen LogP contribution in [-0.4, -0.2) is 27.2 Å². The summed E-state index contributed by atoms with van der Waals surface area (Å²) in [7, 11) is 1.84. The van der Waals surface area contributed by atoms with Crippen molar-refractivity contribution in [1.82, 2.24) is 20.1 Å². The van der Waals surface area contributed by atoms with Gasteiger partial charge in [0.25, 0.3) is 5.91 Å². The Morgan fingerprint density at radius 1 is 1.37 bits per heavy atom. The molecule has 19 heavy (non-hydrogen) atoms. The first kappa shape index (κ1) is 13.1. The minimum absolute atomic E-state index is 0.188. The van der Waals surface area contributed by atoms with E-state index in [-0.39, 0.29) is 5.91 Å². The van der Waals surface area contributed by atoms with Crippen LogP contribution in [0.4, 0.5) is 5.69 Å². The normalized spacial score (nSPS) is 10.2. The Hall–Kier alpha value is -2.37. The zero-order valence-corrected chi connectivity index (χ0v) is 11.1. The number of aryl methyl sites for hydroxylation is 1. The number of nitrogens with one attached hydrogen (secondary N) is 2. The fourth-order valence-corrected chi connectivity index (χ4v) is 1.67. The average Bonchev–Trinajstić information content (AvgIpc) is 2.83. The van der Waals surface area contributed by atoms with Crippen molar-refractivity contribution in [3.63, 3.8) is 0 Å². The third-order valence-corrected chi connectivity index (χ3v) is 2.59. The molecule has 0 aliphatic rings. The van der Waals surface area contributed by atoms with Gasteiger partial charge in [0.1, 0.15) is 5.69 Å². The summed E-state index contributed by atoms with van der Waals surface area (Å²) >= 11 is 0. The van der Waals surface area contributed by atoms with Crippen molar-refractivity contribution in [3.8, 4) is 0 Å². The molecule has 0 fully saturated rings. The second-order valence-electron chi connectivity index (χ2n) is 4.17. The summed E-state index contributed by atoms with van der Waals surface area (Å²) in [4.78, 5) is 16.0. The van der Waals surface area contributed by atoms with E-state index >= 15 is 0 Å². The molecule has 0 bridgehead atoms. The monoisotopic (exact) mass is 259 g/mol. The van der Waals surface area contributed by atoms with Gasteiger partial charge in [0.2, 0.25) is 0 Å². The minimum Gasteiger partial charge on any atom is -0.384 e. The van der Waals surface area contributed by atoms with Gasteiger partial charge >= 0.3 is 0 Å². The van der Waals surface area contributed by atoms with E-state index in [2.05, 4.69) is 20.7 Å². The van der Waals surface area contributed by atoms with Crippen LogP contribution in [0.3, 0.4) is 0 Å². The highest BCUT2D eigenvalue weighted by molar-refractivity contribution is 5.92. The van der Waals surface area contributed by atoms with Crippen LogP contribution >= 0.6 is 0 Å². The quantitative estimate of drug-likeness (QED) is 0.845. The Bertz CT molecular complexity index is 546. The minimum atomic E-state index is -0.188. The number of pyridine rings is 1. The third kappa shape index (κ3) is 3.54. The molecule has 6 heteroatoms. The molecule has 0 atom stereocenters. The lowest BCUT2D eigenvalue weighted by atomic mass is 10.3. The van der Waals surface area contributed by atoms with Gasteiger partial charge in [0.05, 0.1) is 18.1 Å². The van der Waals surface area contributed by atoms with Gasteiger partial charge in [-0.05, 0) is 19.1 Å². The lowest BCUT2D eigenvalue weighted by Crippen LogP contribution is -2.23. The lowest BCUT2D eigenvalue weighted by Gasteiger charge is -2.05. The van der Waals surface area contributed by atoms with E-state index in [1.165, 1.54) is 0 Å². The van der Waals surface area contributed by atoms with Gasteiger partial charge in [-0.15, -0.1) is 0 Å². The van der Waals surface area contributed by atoms with Gasteiger partial charge in [-0.3, -0.25) is 9.48 Å². The summed E-state index contributed by atoms with van der Waals surface area (Å²) < 4.78 is 1.70. The number of carbonyl (C=O) groups is 1. The molecule has 2 aromatic heterocycles. The molecule has 0 spiro atoms. The lowest BCUT2D eigenvalue weighted by molar-refractivity contribution is 0.0946. The fraction of sp³-hybridized carbons (Fsp3) is 0.308. The summed E-state index contributed by atoms with van der Waals surface area (Å²) in [5.74, 6) is -0.188. The van der Waals surface area contributed by atoms with Crippen molar-refractivity contribution < 1.29 is 4.79 Å². The maximum atomic E-state index is 11.9. The van der Waals surface area contributed by atoms with Gasteiger partial charge < -0.3 is 10.6 Å².